The monoisotopic (exact) mass is 411 g/mol. The average molecular weight is 412 g/mol. The highest BCUT2D eigenvalue weighted by atomic mass is 16.3. The molecule has 1 aliphatic heterocycles. The number of carbonyl (C=O) groups is 1. The fourth-order valence-electron chi connectivity index (χ4n) is 4.65. The minimum absolute atomic E-state index is 0.0144. The molecule has 156 valence electrons. The fourth-order valence-corrected chi connectivity index (χ4v) is 4.65. The summed E-state index contributed by atoms with van der Waals surface area (Å²) in [5.41, 5.74) is 2.69. The lowest BCUT2D eigenvalue weighted by Gasteiger charge is -2.26. The van der Waals surface area contributed by atoms with Gasteiger partial charge >= 0.3 is 0 Å². The molecule has 1 amide bonds. The molecule has 0 aromatic heterocycles. The van der Waals surface area contributed by atoms with Gasteiger partial charge in [-0.1, -0.05) is 66.7 Å². The molecule has 1 fully saturated rings. The van der Waals surface area contributed by atoms with Gasteiger partial charge < -0.3 is 10.4 Å². The Morgan fingerprint density at radius 3 is 1.90 bits per heavy atom. The number of hydrogen-bond acceptors (Lipinski definition) is 4. The van der Waals surface area contributed by atoms with Gasteiger partial charge in [-0.2, -0.15) is 0 Å². The molecule has 5 heteroatoms. The van der Waals surface area contributed by atoms with E-state index in [1.807, 2.05) is 90.9 Å². The van der Waals surface area contributed by atoms with Crippen molar-refractivity contribution in [1.29, 1.82) is 0 Å². The maximum atomic E-state index is 13.5. The fraction of sp³-hybridized carbons (Fsp3) is 0.192. The molecule has 5 rings (SSSR count). The SMILES string of the molecule is CC1C(Nc2c3ccccc3c(CO)c3ccccc23)C(=O)N(c2ccccc2)N1C. The maximum Gasteiger partial charge on any atom is 0.265 e. The quantitative estimate of drug-likeness (QED) is 0.484. The van der Waals surface area contributed by atoms with Crippen LogP contribution in [0.25, 0.3) is 21.5 Å². The van der Waals surface area contributed by atoms with E-state index in [-0.39, 0.29) is 18.6 Å². The van der Waals surface area contributed by atoms with Crippen molar-refractivity contribution in [3.8, 4) is 0 Å². The van der Waals surface area contributed by atoms with E-state index in [2.05, 4.69) is 12.2 Å². The number of amides is 1. The third-order valence-corrected chi connectivity index (χ3v) is 6.36. The van der Waals surface area contributed by atoms with Crippen LogP contribution in [0.5, 0.6) is 0 Å². The van der Waals surface area contributed by atoms with E-state index in [4.69, 9.17) is 0 Å². The molecule has 0 spiro atoms. The van der Waals surface area contributed by atoms with Gasteiger partial charge in [0.1, 0.15) is 6.04 Å². The van der Waals surface area contributed by atoms with Gasteiger partial charge in [-0.05, 0) is 35.4 Å². The number of rotatable bonds is 4. The summed E-state index contributed by atoms with van der Waals surface area (Å²) in [7, 11) is 1.95. The maximum absolute atomic E-state index is 13.5. The van der Waals surface area contributed by atoms with Gasteiger partial charge in [0.15, 0.2) is 0 Å². The normalized spacial score (nSPS) is 19.5. The van der Waals surface area contributed by atoms with E-state index in [9.17, 15) is 9.90 Å². The molecular formula is C26H25N3O2. The number of carbonyl (C=O) groups excluding carboxylic acids is 1. The number of para-hydroxylation sites is 1. The van der Waals surface area contributed by atoms with Crippen LogP contribution in [-0.2, 0) is 11.4 Å². The Bertz CT molecular complexity index is 1210. The van der Waals surface area contributed by atoms with Crippen LogP contribution < -0.4 is 10.3 Å². The zero-order chi connectivity index (χ0) is 21.5. The summed E-state index contributed by atoms with van der Waals surface area (Å²) in [4.78, 5) is 13.5. The summed E-state index contributed by atoms with van der Waals surface area (Å²) in [6.45, 7) is 2.02. The third kappa shape index (κ3) is 3.05. The van der Waals surface area contributed by atoms with Crippen molar-refractivity contribution in [2.24, 2.45) is 0 Å². The molecular weight excluding hydrogens is 386 g/mol. The van der Waals surface area contributed by atoms with Gasteiger partial charge in [0.25, 0.3) is 5.91 Å². The highest BCUT2D eigenvalue weighted by molar-refractivity contribution is 6.15. The number of nitrogens with zero attached hydrogens (tertiary/aromatic N) is 2. The van der Waals surface area contributed by atoms with Crippen LogP contribution in [0.15, 0.2) is 78.9 Å². The minimum atomic E-state index is -0.406. The molecule has 2 unspecified atom stereocenters. The lowest BCUT2D eigenvalue weighted by molar-refractivity contribution is -0.118. The molecule has 31 heavy (non-hydrogen) atoms. The molecule has 1 saturated heterocycles. The van der Waals surface area contributed by atoms with Gasteiger partial charge in [-0.15, -0.1) is 0 Å². The first-order valence-corrected chi connectivity index (χ1v) is 10.5. The van der Waals surface area contributed by atoms with Gasteiger partial charge in [-0.25, -0.2) is 10.0 Å². The van der Waals surface area contributed by atoms with Crippen molar-refractivity contribution in [3.05, 3.63) is 84.4 Å². The Hall–Kier alpha value is -3.41. The first-order valence-electron chi connectivity index (χ1n) is 10.5. The van der Waals surface area contributed by atoms with E-state index in [0.29, 0.717) is 0 Å². The van der Waals surface area contributed by atoms with Crippen LogP contribution in [-0.4, -0.2) is 35.2 Å². The summed E-state index contributed by atoms with van der Waals surface area (Å²) in [5.74, 6) is 0.0144. The lowest BCUT2D eigenvalue weighted by Crippen LogP contribution is -2.38. The van der Waals surface area contributed by atoms with E-state index in [0.717, 1.165) is 38.5 Å². The highest BCUT2D eigenvalue weighted by Crippen LogP contribution is 2.38. The van der Waals surface area contributed by atoms with Crippen molar-refractivity contribution in [3.63, 3.8) is 0 Å². The molecule has 2 atom stereocenters. The first kappa shape index (κ1) is 19.5. The number of hydrazine groups is 1. The van der Waals surface area contributed by atoms with Crippen molar-refractivity contribution in [2.75, 3.05) is 17.4 Å². The molecule has 0 bridgehead atoms. The lowest BCUT2D eigenvalue weighted by atomic mass is 9.94. The summed E-state index contributed by atoms with van der Waals surface area (Å²) < 4.78 is 0. The molecule has 5 nitrogen and oxygen atoms in total. The molecule has 1 heterocycles. The van der Waals surface area contributed by atoms with Gasteiger partial charge in [0, 0.05) is 17.8 Å². The van der Waals surface area contributed by atoms with Gasteiger partial charge in [0.2, 0.25) is 0 Å². The largest absolute Gasteiger partial charge is 0.392 e. The number of anilines is 2. The smallest absolute Gasteiger partial charge is 0.265 e. The topological polar surface area (TPSA) is 55.8 Å². The average Bonchev–Trinajstić information content (AvgIpc) is 3.02. The highest BCUT2D eigenvalue weighted by Gasteiger charge is 2.43. The Morgan fingerprint density at radius 1 is 0.839 bits per heavy atom. The number of likely N-dealkylation sites (N-methyl/N-ethyl adjacent to an activating group) is 1. The van der Waals surface area contributed by atoms with Crippen molar-refractivity contribution >= 4 is 38.8 Å². The van der Waals surface area contributed by atoms with Crippen molar-refractivity contribution < 1.29 is 9.90 Å². The zero-order valence-corrected chi connectivity index (χ0v) is 17.6. The standard InChI is InChI=1S/C26H25N3O2/c1-17-24(26(31)29(28(17)2)18-10-4-3-5-11-18)27-25-21-14-8-6-12-19(21)23(16-30)20-13-7-9-15-22(20)25/h3-15,17,24,27,30H,16H2,1-2H3. The minimum Gasteiger partial charge on any atom is -0.392 e. The molecule has 2 N–H and O–H groups in total. The summed E-state index contributed by atoms with van der Waals surface area (Å²) >= 11 is 0. The number of hydrogen-bond donors (Lipinski definition) is 2. The summed E-state index contributed by atoms with van der Waals surface area (Å²) in [6.07, 6.45) is 0. The van der Waals surface area contributed by atoms with Crippen molar-refractivity contribution in [2.45, 2.75) is 25.6 Å². The van der Waals surface area contributed by atoms with E-state index >= 15 is 0 Å². The van der Waals surface area contributed by atoms with Crippen LogP contribution in [0.1, 0.15) is 12.5 Å². The number of aliphatic hydroxyl groups is 1. The Morgan fingerprint density at radius 2 is 1.35 bits per heavy atom. The number of nitrogens with one attached hydrogen (secondary N) is 1. The van der Waals surface area contributed by atoms with Crippen LogP contribution in [0.2, 0.25) is 0 Å². The second-order valence-corrected chi connectivity index (χ2v) is 8.02. The van der Waals surface area contributed by atoms with Crippen LogP contribution in [0.3, 0.4) is 0 Å². The zero-order valence-electron chi connectivity index (χ0n) is 17.6. The summed E-state index contributed by atoms with van der Waals surface area (Å²) in [5, 5.41) is 21.4. The van der Waals surface area contributed by atoms with E-state index in [1.54, 1.807) is 5.01 Å². The van der Waals surface area contributed by atoms with Crippen LogP contribution >= 0.6 is 0 Å². The van der Waals surface area contributed by atoms with Crippen LogP contribution in [0, 0.1) is 0 Å². The molecule has 0 saturated carbocycles. The third-order valence-electron chi connectivity index (χ3n) is 6.36. The summed E-state index contributed by atoms with van der Waals surface area (Å²) in [6, 6.07) is 25.4. The number of aliphatic hydroxyl groups excluding tert-OH is 1. The molecule has 4 aromatic carbocycles. The number of fused-ring (bicyclic) bond motifs is 2. The predicted molar refractivity (Wildman–Crippen MR) is 126 cm³/mol. The molecule has 1 aliphatic rings. The molecule has 0 aliphatic carbocycles. The number of benzene rings is 4. The first-order chi connectivity index (χ1) is 15.1. The van der Waals surface area contributed by atoms with E-state index < -0.39 is 6.04 Å². The van der Waals surface area contributed by atoms with Crippen molar-refractivity contribution in [1.82, 2.24) is 5.01 Å². The molecule has 0 radical (unpaired) electrons. The van der Waals surface area contributed by atoms with E-state index in [1.165, 1.54) is 0 Å². The second kappa shape index (κ2) is 7.69. The Kier molecular flexibility index (Phi) is 4.85. The predicted octanol–water partition coefficient (Wildman–Crippen LogP) is 4.55. The second-order valence-electron chi connectivity index (χ2n) is 8.02. The Balaban J connectivity index is 1.65. The van der Waals surface area contributed by atoms with Crippen LogP contribution in [0.4, 0.5) is 11.4 Å². The molecule has 4 aromatic rings. The Labute approximate surface area is 181 Å². The van der Waals surface area contributed by atoms with Gasteiger partial charge in [0.05, 0.1) is 24.0 Å². The van der Waals surface area contributed by atoms with Gasteiger partial charge in [-0.3, -0.25) is 4.79 Å².